The first-order valence-electron chi connectivity index (χ1n) is 8.91. The molecular weight excluding hydrogens is 348 g/mol. The van der Waals surface area contributed by atoms with Crippen LogP contribution in [0.3, 0.4) is 0 Å². The standard InChI is InChI=1S/C20H26O5Si/c1-19(2,3)26(4,5)25-20-12-11-15(16(13-20)24-18(20)22)23-17(21)14-9-7-6-8-10-14/h6-12,15-16H,13H2,1-5H3/t15-,16+,20+/m1/s1. The number of benzene rings is 1. The summed E-state index contributed by atoms with van der Waals surface area (Å²) < 4.78 is 17.5. The van der Waals surface area contributed by atoms with Gasteiger partial charge in [0.05, 0.1) is 5.56 Å². The number of carbonyl (C=O) groups is 2. The van der Waals surface area contributed by atoms with Crippen LogP contribution in [0.2, 0.25) is 18.1 Å². The molecule has 3 atom stereocenters. The molecule has 0 unspecified atom stereocenters. The van der Waals surface area contributed by atoms with Crippen LogP contribution in [-0.4, -0.2) is 38.1 Å². The van der Waals surface area contributed by atoms with Crippen molar-refractivity contribution in [3.63, 3.8) is 0 Å². The molecule has 0 aromatic heterocycles. The molecule has 1 saturated heterocycles. The minimum Gasteiger partial charge on any atom is -0.456 e. The van der Waals surface area contributed by atoms with Crippen LogP contribution in [0.4, 0.5) is 0 Å². The Balaban J connectivity index is 1.77. The normalized spacial score (nSPS) is 28.0. The van der Waals surface area contributed by atoms with Gasteiger partial charge in [-0.15, -0.1) is 0 Å². The van der Waals surface area contributed by atoms with Gasteiger partial charge in [-0.05, 0) is 42.4 Å². The average molecular weight is 375 g/mol. The van der Waals surface area contributed by atoms with E-state index in [2.05, 4.69) is 33.9 Å². The Morgan fingerprint density at radius 1 is 1.23 bits per heavy atom. The van der Waals surface area contributed by atoms with Crippen molar-refractivity contribution in [3.8, 4) is 0 Å². The third-order valence-electron chi connectivity index (χ3n) is 5.53. The maximum atomic E-state index is 12.6. The first-order valence-corrected chi connectivity index (χ1v) is 11.8. The van der Waals surface area contributed by atoms with E-state index in [4.69, 9.17) is 13.9 Å². The molecule has 1 heterocycles. The van der Waals surface area contributed by atoms with Crippen LogP contribution in [0.25, 0.3) is 0 Å². The van der Waals surface area contributed by atoms with E-state index in [1.165, 1.54) is 0 Å². The molecule has 2 aliphatic rings. The summed E-state index contributed by atoms with van der Waals surface area (Å²) >= 11 is 0. The van der Waals surface area contributed by atoms with Crippen LogP contribution in [0.15, 0.2) is 42.5 Å². The second-order valence-corrected chi connectivity index (χ2v) is 13.2. The maximum Gasteiger partial charge on any atom is 0.342 e. The van der Waals surface area contributed by atoms with Gasteiger partial charge >= 0.3 is 11.9 Å². The van der Waals surface area contributed by atoms with E-state index in [1.807, 2.05) is 6.07 Å². The van der Waals surface area contributed by atoms with Gasteiger partial charge in [0.2, 0.25) is 0 Å². The van der Waals surface area contributed by atoms with Gasteiger partial charge in [-0.1, -0.05) is 39.0 Å². The smallest absolute Gasteiger partial charge is 0.342 e. The summed E-state index contributed by atoms with van der Waals surface area (Å²) in [6.45, 7) is 10.6. The summed E-state index contributed by atoms with van der Waals surface area (Å²) in [7, 11) is -2.17. The van der Waals surface area contributed by atoms with E-state index in [9.17, 15) is 9.59 Å². The lowest BCUT2D eigenvalue weighted by atomic mass is 9.91. The summed E-state index contributed by atoms with van der Waals surface area (Å²) in [4.78, 5) is 24.9. The second kappa shape index (κ2) is 6.35. The van der Waals surface area contributed by atoms with Crippen LogP contribution in [-0.2, 0) is 18.7 Å². The van der Waals surface area contributed by atoms with Crippen molar-refractivity contribution in [1.29, 1.82) is 0 Å². The third-order valence-corrected chi connectivity index (χ3v) is 10.0. The van der Waals surface area contributed by atoms with Gasteiger partial charge in [0, 0.05) is 6.42 Å². The van der Waals surface area contributed by atoms with Crippen molar-refractivity contribution >= 4 is 20.3 Å². The number of fused-ring (bicyclic) bond motifs is 2. The van der Waals surface area contributed by atoms with Gasteiger partial charge in [0.1, 0.15) is 6.10 Å². The molecule has 1 aromatic carbocycles. The molecule has 0 amide bonds. The minimum atomic E-state index is -2.17. The van der Waals surface area contributed by atoms with Gasteiger partial charge in [-0.2, -0.15) is 0 Å². The minimum absolute atomic E-state index is 0.0232. The Morgan fingerprint density at radius 3 is 2.50 bits per heavy atom. The van der Waals surface area contributed by atoms with E-state index in [1.54, 1.807) is 36.4 Å². The molecule has 0 radical (unpaired) electrons. The number of carbonyl (C=O) groups excluding carboxylic acids is 2. The highest BCUT2D eigenvalue weighted by atomic mass is 28.4. The lowest BCUT2D eigenvalue weighted by Gasteiger charge is -2.42. The molecule has 1 aliphatic heterocycles. The molecule has 140 valence electrons. The molecular formula is C20H26O5Si. The van der Waals surface area contributed by atoms with Crippen LogP contribution in [0.1, 0.15) is 37.6 Å². The van der Waals surface area contributed by atoms with E-state index in [0.29, 0.717) is 12.0 Å². The number of ether oxygens (including phenoxy) is 2. The van der Waals surface area contributed by atoms with E-state index in [0.717, 1.165) is 0 Å². The molecule has 3 rings (SSSR count). The van der Waals surface area contributed by atoms with Crippen LogP contribution in [0.5, 0.6) is 0 Å². The molecule has 26 heavy (non-hydrogen) atoms. The average Bonchev–Trinajstić information content (AvgIpc) is 2.81. The molecule has 1 aliphatic carbocycles. The van der Waals surface area contributed by atoms with Gasteiger partial charge < -0.3 is 13.9 Å². The number of esters is 2. The van der Waals surface area contributed by atoms with Crippen molar-refractivity contribution < 1.29 is 23.5 Å². The summed E-state index contributed by atoms with van der Waals surface area (Å²) in [6, 6.07) is 8.78. The Labute approximate surface area is 155 Å². The molecule has 1 aromatic rings. The molecule has 0 N–H and O–H groups in total. The van der Waals surface area contributed by atoms with Crippen molar-refractivity contribution in [2.75, 3.05) is 0 Å². The monoisotopic (exact) mass is 374 g/mol. The summed E-state index contributed by atoms with van der Waals surface area (Å²) in [6.07, 6.45) is 2.73. The Morgan fingerprint density at radius 2 is 1.88 bits per heavy atom. The second-order valence-electron chi connectivity index (χ2n) is 8.49. The predicted molar refractivity (Wildman–Crippen MR) is 100 cm³/mol. The topological polar surface area (TPSA) is 61.8 Å². The fraction of sp³-hybridized carbons (Fsp3) is 0.500. The fourth-order valence-corrected chi connectivity index (χ4v) is 4.41. The molecule has 6 heteroatoms. The van der Waals surface area contributed by atoms with E-state index >= 15 is 0 Å². The molecule has 1 fully saturated rings. The SMILES string of the molecule is CC(C)(C)[Si](C)(C)O[C@@]12C=C[C@@H](OC(=O)c3ccccc3)[C@H](C1)OC2=O. The predicted octanol–water partition coefficient (Wildman–Crippen LogP) is 3.86. The van der Waals surface area contributed by atoms with Crippen LogP contribution in [0, 0.1) is 0 Å². The van der Waals surface area contributed by atoms with E-state index in [-0.39, 0.29) is 11.0 Å². The number of hydrogen-bond acceptors (Lipinski definition) is 5. The van der Waals surface area contributed by atoms with Gasteiger partial charge in [-0.25, -0.2) is 9.59 Å². The van der Waals surface area contributed by atoms with Crippen LogP contribution >= 0.6 is 0 Å². The number of rotatable bonds is 4. The number of hydrogen-bond donors (Lipinski definition) is 0. The lowest BCUT2D eigenvalue weighted by Crippen LogP contribution is -2.52. The Bertz CT molecular complexity index is 734. The quantitative estimate of drug-likeness (QED) is 0.455. The maximum absolute atomic E-state index is 12.6. The van der Waals surface area contributed by atoms with Crippen LogP contribution < -0.4 is 0 Å². The Hall–Kier alpha value is -1.92. The molecule has 0 spiro atoms. The van der Waals surface area contributed by atoms with Gasteiger partial charge in [0.15, 0.2) is 20.0 Å². The molecule has 0 saturated carbocycles. The molecule has 2 bridgehead atoms. The van der Waals surface area contributed by atoms with Gasteiger partial charge in [0.25, 0.3) is 0 Å². The molecule has 5 nitrogen and oxygen atoms in total. The zero-order valence-corrected chi connectivity index (χ0v) is 16.9. The third kappa shape index (κ3) is 3.35. The summed E-state index contributed by atoms with van der Waals surface area (Å²) in [5.74, 6) is -0.817. The summed E-state index contributed by atoms with van der Waals surface area (Å²) in [5, 5.41) is -0.0232. The van der Waals surface area contributed by atoms with Crippen molar-refractivity contribution in [2.24, 2.45) is 0 Å². The lowest BCUT2D eigenvalue weighted by molar-refractivity contribution is -0.151. The zero-order valence-electron chi connectivity index (χ0n) is 15.9. The highest BCUT2D eigenvalue weighted by Crippen LogP contribution is 2.45. The van der Waals surface area contributed by atoms with Crippen molar-refractivity contribution in [3.05, 3.63) is 48.0 Å². The van der Waals surface area contributed by atoms with E-state index < -0.39 is 32.1 Å². The fourth-order valence-electron chi connectivity index (χ4n) is 2.96. The first-order chi connectivity index (χ1) is 12.0. The first kappa shape index (κ1) is 18.9. The van der Waals surface area contributed by atoms with Gasteiger partial charge in [-0.3, -0.25) is 0 Å². The summed E-state index contributed by atoms with van der Waals surface area (Å²) in [5.41, 5.74) is -0.580. The largest absolute Gasteiger partial charge is 0.456 e. The highest BCUT2D eigenvalue weighted by molar-refractivity contribution is 6.74. The van der Waals surface area contributed by atoms with Crippen molar-refractivity contribution in [1.82, 2.24) is 0 Å². The Kier molecular flexibility index (Phi) is 4.61. The van der Waals surface area contributed by atoms with Crippen molar-refractivity contribution in [2.45, 2.75) is 63.1 Å². The zero-order chi connectivity index (χ0) is 19.2. The highest BCUT2D eigenvalue weighted by Gasteiger charge is 2.57.